The summed E-state index contributed by atoms with van der Waals surface area (Å²) in [6.45, 7) is 6.69. The molecule has 0 heterocycles. The Bertz CT molecular complexity index is 1060. The van der Waals surface area contributed by atoms with Gasteiger partial charge in [-0.15, -0.1) is 0 Å². The summed E-state index contributed by atoms with van der Waals surface area (Å²) in [4.78, 5) is 38.1. The van der Waals surface area contributed by atoms with Gasteiger partial charge in [0.25, 0.3) is 0 Å². The van der Waals surface area contributed by atoms with Crippen LogP contribution in [-0.2, 0) is 28.6 Å². The summed E-state index contributed by atoms with van der Waals surface area (Å²) in [5.41, 5.74) is 0. The molecule has 6 heteroatoms. The molecule has 0 amide bonds. The van der Waals surface area contributed by atoms with Crippen molar-refractivity contribution in [3.8, 4) is 0 Å². The first-order valence-electron chi connectivity index (χ1n) is 30.7. The van der Waals surface area contributed by atoms with E-state index in [1.54, 1.807) is 0 Å². The molecule has 0 aromatic heterocycles. The number of unbranched alkanes of at least 4 members (excludes halogenated alkanes) is 44. The molecule has 68 heavy (non-hydrogen) atoms. The number of rotatable bonds is 57. The summed E-state index contributed by atoms with van der Waals surface area (Å²) < 4.78 is 16.9. The molecule has 6 nitrogen and oxygen atoms in total. The highest BCUT2D eigenvalue weighted by Gasteiger charge is 2.19. The van der Waals surface area contributed by atoms with Gasteiger partial charge in [0.2, 0.25) is 0 Å². The lowest BCUT2D eigenvalue weighted by Gasteiger charge is -2.18. The lowest BCUT2D eigenvalue weighted by molar-refractivity contribution is -0.167. The van der Waals surface area contributed by atoms with Gasteiger partial charge in [0.1, 0.15) is 13.2 Å². The topological polar surface area (TPSA) is 78.9 Å². The van der Waals surface area contributed by atoms with Crippen molar-refractivity contribution in [3.63, 3.8) is 0 Å². The summed E-state index contributed by atoms with van der Waals surface area (Å²) in [7, 11) is 0. The molecule has 0 aliphatic rings. The van der Waals surface area contributed by atoms with Gasteiger partial charge in [0, 0.05) is 19.3 Å². The molecule has 0 rings (SSSR count). The second kappa shape index (κ2) is 57.7. The van der Waals surface area contributed by atoms with E-state index < -0.39 is 6.10 Å². The van der Waals surface area contributed by atoms with Crippen molar-refractivity contribution in [2.24, 2.45) is 0 Å². The second-order valence-corrected chi connectivity index (χ2v) is 21.0. The molecule has 0 saturated heterocycles. The monoisotopic (exact) mass is 959 g/mol. The van der Waals surface area contributed by atoms with Crippen LogP contribution < -0.4 is 0 Å². The zero-order chi connectivity index (χ0) is 49.3. The van der Waals surface area contributed by atoms with E-state index in [2.05, 4.69) is 32.9 Å². The van der Waals surface area contributed by atoms with Crippen molar-refractivity contribution in [2.45, 2.75) is 354 Å². The molecule has 0 aliphatic heterocycles. The minimum atomic E-state index is -0.764. The summed E-state index contributed by atoms with van der Waals surface area (Å²) in [6, 6.07) is 0. The van der Waals surface area contributed by atoms with Crippen LogP contribution in [0.2, 0.25) is 0 Å². The minimum absolute atomic E-state index is 0.0640. The standard InChI is InChI=1S/C62H118O6/c1-4-7-10-13-16-19-22-24-26-28-29-30-31-32-33-35-36-38-40-43-46-49-52-55-61(64)67-58-59(57-66-60(63)54-51-48-45-42-21-18-15-12-9-6-3)68-62(65)56-53-50-47-44-41-39-37-34-27-25-23-20-17-14-11-8-5-2/h28-29,59H,4-27,30-58H2,1-3H3/b29-28-. The van der Waals surface area contributed by atoms with Gasteiger partial charge in [-0.3, -0.25) is 14.4 Å². The van der Waals surface area contributed by atoms with E-state index in [0.717, 1.165) is 57.8 Å². The van der Waals surface area contributed by atoms with Crippen molar-refractivity contribution in [1.29, 1.82) is 0 Å². The Morgan fingerprint density at radius 2 is 0.485 bits per heavy atom. The molecule has 0 N–H and O–H groups in total. The maximum atomic E-state index is 12.9. The fourth-order valence-electron chi connectivity index (χ4n) is 9.38. The largest absolute Gasteiger partial charge is 0.462 e. The van der Waals surface area contributed by atoms with Gasteiger partial charge in [-0.25, -0.2) is 0 Å². The smallest absolute Gasteiger partial charge is 0.306 e. The predicted octanol–water partition coefficient (Wildman–Crippen LogP) is 20.5. The number of hydrogen-bond acceptors (Lipinski definition) is 6. The molecule has 1 atom stereocenters. The normalized spacial score (nSPS) is 12.0. The number of esters is 3. The predicted molar refractivity (Wildman–Crippen MR) is 293 cm³/mol. The van der Waals surface area contributed by atoms with Crippen LogP contribution in [0.5, 0.6) is 0 Å². The zero-order valence-corrected chi connectivity index (χ0v) is 46.2. The Morgan fingerprint density at radius 3 is 0.735 bits per heavy atom. The molecule has 0 aliphatic carbocycles. The van der Waals surface area contributed by atoms with Gasteiger partial charge in [-0.1, -0.05) is 296 Å². The van der Waals surface area contributed by atoms with Crippen LogP contribution in [0, 0.1) is 0 Å². The van der Waals surface area contributed by atoms with Crippen LogP contribution in [0.4, 0.5) is 0 Å². The van der Waals surface area contributed by atoms with Gasteiger partial charge in [-0.05, 0) is 44.9 Å². The molecular formula is C62H118O6. The third-order valence-corrected chi connectivity index (χ3v) is 14.0. The average molecular weight is 960 g/mol. The maximum absolute atomic E-state index is 12.9. The molecule has 1 unspecified atom stereocenters. The van der Waals surface area contributed by atoms with E-state index in [-0.39, 0.29) is 31.1 Å². The van der Waals surface area contributed by atoms with Crippen molar-refractivity contribution in [2.75, 3.05) is 13.2 Å². The van der Waals surface area contributed by atoms with Gasteiger partial charge in [0.15, 0.2) is 6.10 Å². The lowest BCUT2D eigenvalue weighted by atomic mass is 10.0. The first-order valence-corrected chi connectivity index (χ1v) is 30.7. The molecule has 0 saturated carbocycles. The lowest BCUT2D eigenvalue weighted by Crippen LogP contribution is -2.30. The molecule has 0 fully saturated rings. The number of allylic oxidation sites excluding steroid dienone is 2. The Kier molecular flexibility index (Phi) is 56.2. The molecule has 0 radical (unpaired) electrons. The number of hydrogen-bond donors (Lipinski definition) is 0. The van der Waals surface area contributed by atoms with E-state index in [4.69, 9.17) is 14.2 Å². The molecule has 0 bridgehead atoms. The van der Waals surface area contributed by atoms with E-state index >= 15 is 0 Å². The zero-order valence-electron chi connectivity index (χ0n) is 46.2. The Balaban J connectivity index is 4.19. The van der Waals surface area contributed by atoms with E-state index in [9.17, 15) is 14.4 Å². The summed E-state index contributed by atoms with van der Waals surface area (Å²) in [5.74, 6) is -0.840. The number of carbonyl (C=O) groups is 3. The molecule has 0 aromatic rings. The van der Waals surface area contributed by atoms with E-state index in [0.29, 0.717) is 19.3 Å². The minimum Gasteiger partial charge on any atom is -0.462 e. The maximum Gasteiger partial charge on any atom is 0.306 e. The average Bonchev–Trinajstić information content (AvgIpc) is 3.34. The quantitative estimate of drug-likeness (QED) is 0.0262. The molecule has 402 valence electrons. The highest BCUT2D eigenvalue weighted by molar-refractivity contribution is 5.71. The third-order valence-electron chi connectivity index (χ3n) is 14.0. The fourth-order valence-corrected chi connectivity index (χ4v) is 9.38. The van der Waals surface area contributed by atoms with Crippen LogP contribution in [0.15, 0.2) is 12.2 Å². The van der Waals surface area contributed by atoms with Crippen molar-refractivity contribution >= 4 is 17.9 Å². The van der Waals surface area contributed by atoms with E-state index in [1.807, 2.05) is 0 Å². The SMILES string of the molecule is CCCCCCCCCC/C=C\CCCCCCCCCCCCCC(=O)OCC(COC(=O)CCCCCCCCCCCC)OC(=O)CCCCCCCCCCCCCCCCCCC. The van der Waals surface area contributed by atoms with Crippen LogP contribution >= 0.6 is 0 Å². The first-order chi connectivity index (χ1) is 33.5. The van der Waals surface area contributed by atoms with Crippen LogP contribution in [0.1, 0.15) is 348 Å². The van der Waals surface area contributed by atoms with Gasteiger partial charge >= 0.3 is 17.9 Å². The van der Waals surface area contributed by atoms with Gasteiger partial charge in [-0.2, -0.15) is 0 Å². The summed E-state index contributed by atoms with van der Waals surface area (Å²) >= 11 is 0. The third kappa shape index (κ3) is 55.1. The van der Waals surface area contributed by atoms with Crippen LogP contribution in [0.25, 0.3) is 0 Å². The first kappa shape index (κ1) is 66.2. The Morgan fingerprint density at radius 1 is 0.279 bits per heavy atom. The number of ether oxygens (including phenoxy) is 3. The second-order valence-electron chi connectivity index (χ2n) is 21.0. The Labute approximate surface area is 424 Å². The number of carbonyl (C=O) groups excluding carboxylic acids is 3. The van der Waals surface area contributed by atoms with Crippen LogP contribution in [-0.4, -0.2) is 37.2 Å². The summed E-state index contributed by atoms with van der Waals surface area (Å²) in [6.07, 6.45) is 66.5. The van der Waals surface area contributed by atoms with Crippen molar-refractivity contribution < 1.29 is 28.6 Å². The van der Waals surface area contributed by atoms with Gasteiger partial charge in [0.05, 0.1) is 0 Å². The molecule has 0 spiro atoms. The van der Waals surface area contributed by atoms with Crippen LogP contribution in [0.3, 0.4) is 0 Å². The van der Waals surface area contributed by atoms with Crippen molar-refractivity contribution in [3.05, 3.63) is 12.2 Å². The highest BCUT2D eigenvalue weighted by Crippen LogP contribution is 2.18. The summed E-state index contributed by atoms with van der Waals surface area (Å²) in [5, 5.41) is 0. The van der Waals surface area contributed by atoms with Crippen molar-refractivity contribution in [1.82, 2.24) is 0 Å². The highest BCUT2D eigenvalue weighted by atomic mass is 16.6. The fraction of sp³-hybridized carbons (Fsp3) is 0.919. The van der Waals surface area contributed by atoms with Gasteiger partial charge < -0.3 is 14.2 Å². The van der Waals surface area contributed by atoms with E-state index in [1.165, 1.54) is 250 Å². The molecule has 0 aromatic carbocycles. The Hall–Kier alpha value is -1.85. The molecular weight excluding hydrogens is 841 g/mol.